The van der Waals surface area contributed by atoms with Gasteiger partial charge in [-0.3, -0.25) is 14.4 Å². The topological polar surface area (TPSA) is 119 Å². The van der Waals surface area contributed by atoms with Gasteiger partial charge in [0, 0.05) is 42.5 Å². The van der Waals surface area contributed by atoms with Gasteiger partial charge in [-0.15, -0.1) is 0 Å². The number of nitrogens with one attached hydrogen (secondary N) is 4. The van der Waals surface area contributed by atoms with Crippen LogP contribution in [0.3, 0.4) is 0 Å². The Bertz CT molecular complexity index is 1710. The van der Waals surface area contributed by atoms with E-state index < -0.39 is 10.8 Å². The zero-order valence-electron chi connectivity index (χ0n) is 28.8. The van der Waals surface area contributed by atoms with E-state index in [1.54, 1.807) is 11.1 Å². The molecule has 0 bridgehead atoms. The summed E-state index contributed by atoms with van der Waals surface area (Å²) in [6.45, 7) is 8.19. The van der Waals surface area contributed by atoms with Gasteiger partial charge in [0.15, 0.2) is 0 Å². The molecule has 1 aromatic heterocycles. The number of rotatable bonds is 10. The van der Waals surface area contributed by atoms with E-state index in [0.29, 0.717) is 37.4 Å². The van der Waals surface area contributed by atoms with Gasteiger partial charge in [0.1, 0.15) is 12.4 Å². The van der Waals surface area contributed by atoms with E-state index in [1.165, 1.54) is 12.8 Å². The molecule has 1 aliphatic carbocycles. The van der Waals surface area contributed by atoms with Crippen molar-refractivity contribution < 1.29 is 14.4 Å². The second kappa shape index (κ2) is 14.0. The van der Waals surface area contributed by atoms with E-state index in [9.17, 15) is 14.4 Å². The molecule has 10 heteroatoms. The number of piperidine rings is 2. The van der Waals surface area contributed by atoms with Crippen molar-refractivity contribution in [3.05, 3.63) is 88.6 Å². The van der Waals surface area contributed by atoms with Crippen LogP contribution in [0.5, 0.6) is 0 Å². The van der Waals surface area contributed by atoms with Crippen LogP contribution in [-0.4, -0.2) is 78.8 Å². The first kappa shape index (κ1) is 33.4. The molecule has 1 atom stereocenters. The van der Waals surface area contributed by atoms with Crippen molar-refractivity contribution in [3.8, 4) is 0 Å². The van der Waals surface area contributed by atoms with Crippen LogP contribution in [0, 0.1) is 11.3 Å². The van der Waals surface area contributed by atoms with Gasteiger partial charge in [0.2, 0.25) is 17.7 Å². The van der Waals surface area contributed by atoms with Gasteiger partial charge in [0.05, 0.1) is 5.41 Å². The molecule has 258 valence electrons. The van der Waals surface area contributed by atoms with Gasteiger partial charge in [-0.2, -0.15) is 0 Å². The highest BCUT2D eigenvalue weighted by atomic mass is 16.2. The number of likely N-dealkylation sites (tertiary alicyclic amines) is 1. The summed E-state index contributed by atoms with van der Waals surface area (Å²) in [5, 5.41) is 12.7. The minimum Gasteiger partial charge on any atom is -0.329 e. The average molecular weight is 664 g/mol. The number of anilines is 2. The standard InChI is InChI=1S/C39H49N7O3/c1-38(13-18-45(19-14-38)24-27-11-16-41-17-12-27)37(49)46(25-30-7-4-3-6-29(30)23-40-2)26-34(47)43-32-10-9-28-21-39(22-31(28)20-32)33-8-5-15-42-35(33)44-36(39)48/h3-10,15,20,27,40-41H,11-14,16-19,21-26H2,1-2H3,(H,43,47)(H,42,44,48). The maximum Gasteiger partial charge on any atom is 0.244 e. The summed E-state index contributed by atoms with van der Waals surface area (Å²) < 4.78 is 0. The molecule has 2 saturated heterocycles. The molecule has 2 fully saturated rings. The quantitative estimate of drug-likeness (QED) is 0.260. The Morgan fingerprint density at radius 1 is 1.00 bits per heavy atom. The van der Waals surface area contributed by atoms with Gasteiger partial charge in [-0.1, -0.05) is 43.3 Å². The fraction of sp³-hybridized carbons (Fsp3) is 0.487. The summed E-state index contributed by atoms with van der Waals surface area (Å²) in [6.07, 6.45) is 6.85. The zero-order valence-corrected chi connectivity index (χ0v) is 28.8. The van der Waals surface area contributed by atoms with Gasteiger partial charge >= 0.3 is 0 Å². The highest BCUT2D eigenvalue weighted by Gasteiger charge is 2.51. The molecular weight excluding hydrogens is 614 g/mol. The van der Waals surface area contributed by atoms with Crippen molar-refractivity contribution in [2.24, 2.45) is 11.3 Å². The molecule has 4 N–H and O–H groups in total. The minimum absolute atomic E-state index is 0.0266. The van der Waals surface area contributed by atoms with Crippen molar-refractivity contribution in [1.82, 2.24) is 25.4 Å². The molecular formula is C39H49N7O3. The first-order valence-electron chi connectivity index (χ1n) is 17.9. The second-order valence-corrected chi connectivity index (χ2v) is 14.8. The maximum absolute atomic E-state index is 14.5. The van der Waals surface area contributed by atoms with Crippen LogP contribution in [-0.2, 0) is 45.7 Å². The van der Waals surface area contributed by atoms with E-state index in [2.05, 4.69) is 50.2 Å². The lowest BCUT2D eigenvalue weighted by atomic mass is 9.78. The Morgan fingerprint density at radius 3 is 2.53 bits per heavy atom. The van der Waals surface area contributed by atoms with E-state index in [-0.39, 0.29) is 24.3 Å². The SMILES string of the molecule is CNCc1ccccc1CN(CC(=O)Nc1ccc2c(c1)CC1(C2)C(=O)Nc2ncccc21)C(=O)C1(C)CCN(CC2CCNCC2)CC1. The first-order chi connectivity index (χ1) is 23.8. The number of carbonyl (C=O) groups excluding carboxylic acids is 3. The summed E-state index contributed by atoms with van der Waals surface area (Å²) in [5.74, 6) is 1.14. The third-order valence-corrected chi connectivity index (χ3v) is 11.4. The third-order valence-electron chi connectivity index (χ3n) is 11.4. The van der Waals surface area contributed by atoms with Crippen molar-refractivity contribution in [1.29, 1.82) is 0 Å². The Hall–Kier alpha value is -4.12. The van der Waals surface area contributed by atoms with Gasteiger partial charge in [0.25, 0.3) is 0 Å². The first-order valence-corrected chi connectivity index (χ1v) is 17.9. The molecule has 0 radical (unpaired) electrons. The molecule has 0 saturated carbocycles. The number of amides is 3. The van der Waals surface area contributed by atoms with Crippen molar-refractivity contribution in [2.75, 3.05) is 56.9 Å². The largest absolute Gasteiger partial charge is 0.329 e. The van der Waals surface area contributed by atoms with Crippen LogP contribution >= 0.6 is 0 Å². The minimum atomic E-state index is -0.669. The van der Waals surface area contributed by atoms with Gasteiger partial charge < -0.3 is 31.1 Å². The number of nitrogens with zero attached hydrogens (tertiary/aromatic N) is 3. The van der Waals surface area contributed by atoms with Crippen molar-refractivity contribution >= 4 is 29.2 Å². The molecule has 49 heavy (non-hydrogen) atoms. The summed E-state index contributed by atoms with van der Waals surface area (Å²) in [4.78, 5) is 50.1. The molecule has 7 rings (SSSR count). The number of fused-ring (bicyclic) bond motifs is 3. The molecule has 1 spiro atoms. The summed E-state index contributed by atoms with van der Waals surface area (Å²) in [7, 11) is 1.92. The smallest absolute Gasteiger partial charge is 0.244 e. The maximum atomic E-state index is 14.5. The van der Waals surface area contributed by atoms with Crippen LogP contribution in [0.1, 0.15) is 60.4 Å². The lowest BCUT2D eigenvalue weighted by Gasteiger charge is -2.42. The second-order valence-electron chi connectivity index (χ2n) is 14.8. The molecule has 4 heterocycles. The number of aromatic nitrogens is 1. The van der Waals surface area contributed by atoms with E-state index in [4.69, 9.17) is 0 Å². The molecule has 10 nitrogen and oxygen atoms in total. The predicted molar refractivity (Wildman–Crippen MR) is 191 cm³/mol. The molecule has 3 amide bonds. The number of hydrogen-bond donors (Lipinski definition) is 4. The Labute approximate surface area is 289 Å². The van der Waals surface area contributed by atoms with Crippen LogP contribution in [0.25, 0.3) is 0 Å². The summed E-state index contributed by atoms with van der Waals surface area (Å²) in [6, 6.07) is 17.9. The number of hydrogen-bond acceptors (Lipinski definition) is 7. The highest BCUT2D eigenvalue weighted by Crippen LogP contribution is 2.47. The lowest BCUT2D eigenvalue weighted by Crippen LogP contribution is -2.51. The number of carbonyl (C=O) groups is 3. The molecule has 2 aromatic carbocycles. The Morgan fingerprint density at radius 2 is 1.76 bits per heavy atom. The number of benzene rings is 2. The summed E-state index contributed by atoms with van der Waals surface area (Å²) in [5.41, 5.74) is 4.70. The summed E-state index contributed by atoms with van der Waals surface area (Å²) >= 11 is 0. The van der Waals surface area contributed by atoms with Gasteiger partial charge in [-0.25, -0.2) is 4.98 Å². The zero-order chi connectivity index (χ0) is 34.0. The van der Waals surface area contributed by atoms with Crippen molar-refractivity contribution in [2.45, 2.75) is 64.0 Å². The van der Waals surface area contributed by atoms with Gasteiger partial charge in [-0.05, 0) is 118 Å². The Balaban J connectivity index is 1.05. The van der Waals surface area contributed by atoms with Crippen molar-refractivity contribution in [3.63, 3.8) is 0 Å². The third kappa shape index (κ3) is 6.87. The van der Waals surface area contributed by atoms with E-state index in [0.717, 1.165) is 79.3 Å². The van der Waals surface area contributed by atoms with Crippen LogP contribution in [0.4, 0.5) is 11.5 Å². The molecule has 3 aliphatic heterocycles. The van der Waals surface area contributed by atoms with E-state index >= 15 is 0 Å². The predicted octanol–water partition coefficient (Wildman–Crippen LogP) is 3.86. The molecule has 1 unspecified atom stereocenters. The van der Waals surface area contributed by atoms with Crippen LogP contribution < -0.4 is 21.3 Å². The normalized spacial score (nSPS) is 21.6. The molecule has 4 aliphatic rings. The van der Waals surface area contributed by atoms with Crippen LogP contribution in [0.2, 0.25) is 0 Å². The Kier molecular flexibility index (Phi) is 9.55. The highest BCUT2D eigenvalue weighted by molar-refractivity contribution is 6.06. The number of pyridine rings is 1. The fourth-order valence-corrected chi connectivity index (χ4v) is 8.45. The monoisotopic (exact) mass is 663 g/mol. The molecule has 3 aromatic rings. The average Bonchev–Trinajstić information content (AvgIpc) is 3.62. The lowest BCUT2D eigenvalue weighted by molar-refractivity contribution is -0.146. The fourth-order valence-electron chi connectivity index (χ4n) is 8.45. The van der Waals surface area contributed by atoms with E-state index in [1.807, 2.05) is 49.5 Å². The van der Waals surface area contributed by atoms with Crippen LogP contribution in [0.15, 0.2) is 60.8 Å².